The summed E-state index contributed by atoms with van der Waals surface area (Å²) < 4.78 is 0. The van der Waals surface area contributed by atoms with E-state index in [9.17, 15) is 4.79 Å². The first-order valence-corrected chi connectivity index (χ1v) is 6.32. The zero-order valence-corrected chi connectivity index (χ0v) is 10.8. The molecule has 1 aromatic carbocycles. The van der Waals surface area contributed by atoms with Crippen LogP contribution in [0.25, 0.3) is 0 Å². The molecule has 1 aliphatic rings. The second-order valence-corrected chi connectivity index (χ2v) is 5.29. The smallest absolute Gasteiger partial charge is 0.244 e. The highest BCUT2D eigenvalue weighted by Gasteiger charge is 2.37. The third kappa shape index (κ3) is 2.73. The van der Waals surface area contributed by atoms with Gasteiger partial charge in [0.25, 0.3) is 0 Å². The molecule has 92 valence electrons. The van der Waals surface area contributed by atoms with E-state index in [2.05, 4.69) is 5.32 Å². The first-order valence-electron chi connectivity index (χ1n) is 5.57. The highest BCUT2D eigenvalue weighted by Crippen LogP contribution is 2.30. The quantitative estimate of drug-likeness (QED) is 0.869. The van der Waals surface area contributed by atoms with E-state index in [0.717, 1.165) is 25.7 Å². The van der Waals surface area contributed by atoms with Gasteiger partial charge < -0.3 is 11.1 Å². The molecule has 3 N–H and O–H groups in total. The average molecular weight is 273 g/mol. The maximum absolute atomic E-state index is 12.0. The van der Waals surface area contributed by atoms with Gasteiger partial charge in [0.05, 0.1) is 16.2 Å². The second kappa shape index (κ2) is 4.84. The summed E-state index contributed by atoms with van der Waals surface area (Å²) in [5.41, 5.74) is 5.86. The molecule has 1 saturated carbocycles. The molecule has 1 aromatic rings. The fourth-order valence-corrected chi connectivity index (χ4v) is 2.53. The van der Waals surface area contributed by atoms with Crippen LogP contribution in [0.2, 0.25) is 10.0 Å². The van der Waals surface area contributed by atoms with Crippen LogP contribution < -0.4 is 11.1 Å². The Morgan fingerprint density at radius 2 is 1.94 bits per heavy atom. The van der Waals surface area contributed by atoms with Gasteiger partial charge in [-0.25, -0.2) is 0 Å². The van der Waals surface area contributed by atoms with Crippen molar-refractivity contribution in [3.63, 3.8) is 0 Å². The Morgan fingerprint density at radius 1 is 1.29 bits per heavy atom. The van der Waals surface area contributed by atoms with Gasteiger partial charge in [0.2, 0.25) is 5.91 Å². The fraction of sp³-hybridized carbons (Fsp3) is 0.417. The maximum Gasteiger partial charge on any atom is 0.244 e. The van der Waals surface area contributed by atoms with E-state index in [1.807, 2.05) is 0 Å². The molecule has 0 aromatic heterocycles. The van der Waals surface area contributed by atoms with Crippen molar-refractivity contribution in [2.24, 2.45) is 5.73 Å². The highest BCUT2D eigenvalue weighted by atomic mass is 35.5. The van der Waals surface area contributed by atoms with E-state index in [-0.39, 0.29) is 5.91 Å². The van der Waals surface area contributed by atoms with Gasteiger partial charge in [-0.05, 0) is 31.0 Å². The van der Waals surface area contributed by atoms with Gasteiger partial charge in [-0.3, -0.25) is 4.79 Å². The van der Waals surface area contributed by atoms with Crippen LogP contribution in [0.4, 0.5) is 5.69 Å². The minimum absolute atomic E-state index is 0.167. The SMILES string of the molecule is NC1(C(=O)Nc2ccc(Cl)cc2Cl)CCCC1. The number of benzene rings is 1. The summed E-state index contributed by atoms with van der Waals surface area (Å²) in [5, 5.41) is 3.73. The summed E-state index contributed by atoms with van der Waals surface area (Å²) in [6.45, 7) is 0. The van der Waals surface area contributed by atoms with Crippen molar-refractivity contribution >= 4 is 34.8 Å². The number of nitrogens with two attached hydrogens (primary N) is 1. The topological polar surface area (TPSA) is 55.1 Å². The molecule has 0 atom stereocenters. The molecule has 3 nitrogen and oxygen atoms in total. The Bertz CT molecular complexity index is 442. The van der Waals surface area contributed by atoms with Crippen LogP contribution in [0, 0.1) is 0 Å². The summed E-state index contributed by atoms with van der Waals surface area (Å²) in [7, 11) is 0. The largest absolute Gasteiger partial charge is 0.323 e. The molecule has 0 heterocycles. The predicted molar refractivity (Wildman–Crippen MR) is 70.5 cm³/mol. The average Bonchev–Trinajstić information content (AvgIpc) is 2.71. The van der Waals surface area contributed by atoms with Crippen LogP contribution in [-0.2, 0) is 4.79 Å². The molecule has 2 rings (SSSR count). The van der Waals surface area contributed by atoms with Gasteiger partial charge in [-0.2, -0.15) is 0 Å². The second-order valence-electron chi connectivity index (χ2n) is 4.44. The number of carbonyl (C=O) groups is 1. The molecule has 0 spiro atoms. The van der Waals surface area contributed by atoms with Gasteiger partial charge in [-0.1, -0.05) is 36.0 Å². The van der Waals surface area contributed by atoms with E-state index in [0.29, 0.717) is 15.7 Å². The Labute approximate surface area is 110 Å². The molecular weight excluding hydrogens is 259 g/mol. The third-order valence-electron chi connectivity index (χ3n) is 3.13. The maximum atomic E-state index is 12.0. The Kier molecular flexibility index (Phi) is 3.61. The summed E-state index contributed by atoms with van der Waals surface area (Å²) in [6.07, 6.45) is 3.45. The molecule has 0 radical (unpaired) electrons. The van der Waals surface area contributed by atoms with Crippen LogP contribution in [0.1, 0.15) is 25.7 Å². The van der Waals surface area contributed by atoms with Crippen LogP contribution in [0.3, 0.4) is 0 Å². The minimum atomic E-state index is -0.747. The minimum Gasteiger partial charge on any atom is -0.323 e. The van der Waals surface area contributed by atoms with E-state index in [4.69, 9.17) is 28.9 Å². The van der Waals surface area contributed by atoms with Gasteiger partial charge in [0.15, 0.2) is 0 Å². The summed E-state index contributed by atoms with van der Waals surface area (Å²) in [4.78, 5) is 12.0. The summed E-state index contributed by atoms with van der Waals surface area (Å²) >= 11 is 11.8. The Morgan fingerprint density at radius 3 is 2.53 bits per heavy atom. The van der Waals surface area contributed by atoms with E-state index >= 15 is 0 Å². The molecule has 1 aliphatic carbocycles. The number of rotatable bonds is 2. The van der Waals surface area contributed by atoms with E-state index in [1.165, 1.54) is 0 Å². The number of anilines is 1. The summed E-state index contributed by atoms with van der Waals surface area (Å²) in [6, 6.07) is 4.96. The Hall–Kier alpha value is -0.770. The van der Waals surface area contributed by atoms with Crippen LogP contribution in [0.5, 0.6) is 0 Å². The highest BCUT2D eigenvalue weighted by molar-refractivity contribution is 6.36. The van der Waals surface area contributed by atoms with E-state index in [1.54, 1.807) is 18.2 Å². The van der Waals surface area contributed by atoms with Crippen LogP contribution >= 0.6 is 23.2 Å². The first-order chi connectivity index (χ1) is 8.01. The van der Waals surface area contributed by atoms with Crippen molar-refractivity contribution in [1.82, 2.24) is 0 Å². The third-order valence-corrected chi connectivity index (χ3v) is 3.68. The van der Waals surface area contributed by atoms with E-state index < -0.39 is 5.54 Å². The summed E-state index contributed by atoms with van der Waals surface area (Å²) in [5.74, 6) is -0.167. The molecule has 0 saturated heterocycles. The fourth-order valence-electron chi connectivity index (χ4n) is 2.07. The van der Waals surface area contributed by atoms with Crippen LogP contribution in [0.15, 0.2) is 18.2 Å². The molecule has 0 aliphatic heterocycles. The van der Waals surface area contributed by atoms with Crippen LogP contribution in [-0.4, -0.2) is 11.4 Å². The van der Waals surface area contributed by atoms with Crippen molar-refractivity contribution in [3.05, 3.63) is 28.2 Å². The van der Waals surface area contributed by atoms with Crippen molar-refractivity contribution < 1.29 is 4.79 Å². The van der Waals surface area contributed by atoms with Gasteiger partial charge >= 0.3 is 0 Å². The van der Waals surface area contributed by atoms with Crippen molar-refractivity contribution in [2.45, 2.75) is 31.2 Å². The number of hydrogen-bond acceptors (Lipinski definition) is 2. The molecule has 5 heteroatoms. The van der Waals surface area contributed by atoms with Crippen molar-refractivity contribution in [1.29, 1.82) is 0 Å². The zero-order chi connectivity index (χ0) is 12.5. The molecule has 1 amide bonds. The number of halogens is 2. The lowest BCUT2D eigenvalue weighted by Gasteiger charge is -2.22. The lowest BCUT2D eigenvalue weighted by atomic mass is 9.98. The lowest BCUT2D eigenvalue weighted by molar-refractivity contribution is -0.121. The van der Waals surface area contributed by atoms with Gasteiger partial charge in [0.1, 0.15) is 0 Å². The monoisotopic (exact) mass is 272 g/mol. The Balaban J connectivity index is 2.13. The van der Waals surface area contributed by atoms with Crippen molar-refractivity contribution in [2.75, 3.05) is 5.32 Å². The molecule has 1 fully saturated rings. The molecular formula is C12H14Cl2N2O. The number of hydrogen-bond donors (Lipinski definition) is 2. The van der Waals surface area contributed by atoms with Crippen molar-refractivity contribution in [3.8, 4) is 0 Å². The predicted octanol–water partition coefficient (Wildman–Crippen LogP) is 3.20. The van der Waals surface area contributed by atoms with Gasteiger partial charge in [0, 0.05) is 5.02 Å². The molecule has 0 unspecified atom stereocenters. The normalized spacial score (nSPS) is 18.1. The lowest BCUT2D eigenvalue weighted by Crippen LogP contribution is -2.48. The molecule has 0 bridgehead atoms. The number of nitrogens with one attached hydrogen (secondary N) is 1. The first kappa shape index (κ1) is 12.7. The standard InChI is InChI=1S/C12H14Cl2N2O/c13-8-3-4-10(9(14)7-8)16-11(17)12(15)5-1-2-6-12/h3-4,7H,1-2,5-6,15H2,(H,16,17). The molecule has 17 heavy (non-hydrogen) atoms. The van der Waals surface area contributed by atoms with Gasteiger partial charge in [-0.15, -0.1) is 0 Å². The zero-order valence-electron chi connectivity index (χ0n) is 9.30. The number of amides is 1. The number of carbonyl (C=O) groups excluding carboxylic acids is 1.